The molecule has 7 nitrogen and oxygen atoms in total. The number of nitrogens with zero attached hydrogens (tertiary/aromatic N) is 6. The summed E-state index contributed by atoms with van der Waals surface area (Å²) >= 11 is 1.50. The maximum atomic E-state index is 14.7. The Morgan fingerprint density at radius 2 is 1.94 bits per heavy atom. The monoisotopic (exact) mass is 479 g/mol. The molecule has 1 N–H and O–H groups in total. The highest BCUT2D eigenvalue weighted by Crippen LogP contribution is 2.36. The van der Waals surface area contributed by atoms with Gasteiger partial charge >= 0.3 is 0 Å². The van der Waals surface area contributed by atoms with E-state index in [-0.39, 0.29) is 11.7 Å². The van der Waals surface area contributed by atoms with Crippen LogP contribution < -0.4 is 5.32 Å². The maximum Gasteiger partial charge on any atom is 0.229 e. The number of hydrogen-bond donors (Lipinski definition) is 1. The quantitative estimate of drug-likeness (QED) is 0.370. The van der Waals surface area contributed by atoms with Crippen molar-refractivity contribution < 1.29 is 4.39 Å². The summed E-state index contributed by atoms with van der Waals surface area (Å²) in [6.07, 6.45) is 5.47. The summed E-state index contributed by atoms with van der Waals surface area (Å²) in [4.78, 5) is 22.1. The summed E-state index contributed by atoms with van der Waals surface area (Å²) in [7, 11) is 0. The SMILES string of the molecule is CCN1CCC(c2ccc(Nc3ncc(F)c(-c4cc5nc(C)n(C(C)C)c5s4)n3)nc2)CC1. The molecule has 0 saturated carbocycles. The van der Waals surface area contributed by atoms with E-state index in [1.54, 1.807) is 0 Å². The number of fused-ring (bicyclic) bond motifs is 1. The molecule has 1 aliphatic rings. The summed E-state index contributed by atoms with van der Waals surface area (Å²) in [5.41, 5.74) is 2.40. The van der Waals surface area contributed by atoms with Crippen molar-refractivity contribution in [2.75, 3.05) is 25.0 Å². The van der Waals surface area contributed by atoms with E-state index in [1.807, 2.05) is 25.3 Å². The lowest BCUT2D eigenvalue weighted by atomic mass is 9.90. The molecule has 0 atom stereocenters. The molecule has 5 heterocycles. The number of piperidine rings is 1. The van der Waals surface area contributed by atoms with Crippen molar-refractivity contribution in [1.29, 1.82) is 0 Å². The second-order valence-corrected chi connectivity index (χ2v) is 10.2. The third-order valence-corrected chi connectivity index (χ3v) is 7.70. The Balaban J connectivity index is 1.35. The van der Waals surface area contributed by atoms with Gasteiger partial charge in [-0.15, -0.1) is 11.3 Å². The smallest absolute Gasteiger partial charge is 0.229 e. The van der Waals surface area contributed by atoms with E-state index >= 15 is 0 Å². The lowest BCUT2D eigenvalue weighted by Crippen LogP contribution is -2.32. The minimum Gasteiger partial charge on any atom is -0.317 e. The molecule has 1 saturated heterocycles. The van der Waals surface area contributed by atoms with E-state index < -0.39 is 5.82 Å². The Kier molecular flexibility index (Phi) is 6.31. The van der Waals surface area contributed by atoms with Gasteiger partial charge in [0, 0.05) is 12.2 Å². The van der Waals surface area contributed by atoms with Crippen molar-refractivity contribution in [3.05, 3.63) is 47.8 Å². The van der Waals surface area contributed by atoms with Gasteiger partial charge in [-0.2, -0.15) is 0 Å². The Labute approximate surface area is 203 Å². The van der Waals surface area contributed by atoms with Crippen molar-refractivity contribution >= 4 is 33.5 Å². The van der Waals surface area contributed by atoms with Gasteiger partial charge in [-0.1, -0.05) is 13.0 Å². The Hall–Kier alpha value is -2.91. The van der Waals surface area contributed by atoms with Crippen LogP contribution in [0.1, 0.15) is 57.0 Å². The van der Waals surface area contributed by atoms with Gasteiger partial charge in [-0.3, -0.25) is 0 Å². The van der Waals surface area contributed by atoms with Crippen LogP contribution in [-0.2, 0) is 0 Å². The molecule has 0 amide bonds. The second-order valence-electron chi connectivity index (χ2n) is 9.12. The molecular formula is C25H30FN7S. The van der Waals surface area contributed by atoms with Crippen LogP contribution in [-0.4, -0.2) is 49.0 Å². The van der Waals surface area contributed by atoms with Crippen LogP contribution in [0.4, 0.5) is 16.2 Å². The van der Waals surface area contributed by atoms with Crippen molar-refractivity contribution in [3.63, 3.8) is 0 Å². The van der Waals surface area contributed by atoms with E-state index in [4.69, 9.17) is 0 Å². The fraction of sp³-hybridized carbons (Fsp3) is 0.440. The van der Waals surface area contributed by atoms with Gasteiger partial charge < -0.3 is 14.8 Å². The summed E-state index contributed by atoms with van der Waals surface area (Å²) in [6, 6.07) is 6.25. The topological polar surface area (TPSA) is 71.8 Å². The van der Waals surface area contributed by atoms with Crippen LogP contribution in [0.2, 0.25) is 0 Å². The van der Waals surface area contributed by atoms with Gasteiger partial charge in [0.2, 0.25) is 5.95 Å². The Bertz CT molecular complexity index is 1290. The number of hydrogen-bond acceptors (Lipinski definition) is 7. The van der Waals surface area contributed by atoms with E-state index in [0.717, 1.165) is 53.5 Å². The highest BCUT2D eigenvalue weighted by Gasteiger charge is 2.21. The van der Waals surface area contributed by atoms with Crippen molar-refractivity contribution in [3.8, 4) is 10.6 Å². The molecule has 178 valence electrons. The summed E-state index contributed by atoms with van der Waals surface area (Å²) in [6.45, 7) is 11.8. The van der Waals surface area contributed by atoms with Crippen molar-refractivity contribution in [1.82, 2.24) is 29.4 Å². The highest BCUT2D eigenvalue weighted by molar-refractivity contribution is 7.21. The molecule has 1 fully saturated rings. The number of halogens is 1. The minimum atomic E-state index is -0.455. The number of pyridine rings is 1. The number of aryl methyl sites for hydroxylation is 1. The molecular weight excluding hydrogens is 449 g/mol. The van der Waals surface area contributed by atoms with Gasteiger partial charge in [-0.25, -0.2) is 24.3 Å². The molecule has 4 aromatic rings. The molecule has 0 aliphatic carbocycles. The number of nitrogens with one attached hydrogen (secondary N) is 1. The average Bonchev–Trinajstić information content (AvgIpc) is 3.37. The van der Waals surface area contributed by atoms with Gasteiger partial charge in [-0.05, 0) is 76.9 Å². The molecule has 1 aliphatic heterocycles. The van der Waals surface area contributed by atoms with E-state index in [1.165, 1.54) is 23.1 Å². The van der Waals surface area contributed by atoms with Crippen LogP contribution >= 0.6 is 11.3 Å². The number of anilines is 2. The Morgan fingerprint density at radius 1 is 1.15 bits per heavy atom. The fourth-order valence-corrected chi connectivity index (χ4v) is 6.01. The normalized spacial score (nSPS) is 15.5. The first-order valence-corrected chi connectivity index (χ1v) is 12.7. The van der Waals surface area contributed by atoms with E-state index in [9.17, 15) is 4.39 Å². The number of rotatable bonds is 6. The zero-order valence-electron chi connectivity index (χ0n) is 20.0. The average molecular weight is 480 g/mol. The molecule has 9 heteroatoms. The molecule has 0 unspecified atom stereocenters. The maximum absolute atomic E-state index is 14.7. The van der Waals surface area contributed by atoms with Crippen LogP contribution in [0.3, 0.4) is 0 Å². The summed E-state index contributed by atoms with van der Waals surface area (Å²) in [5, 5.41) is 3.13. The second kappa shape index (κ2) is 9.38. The molecule has 0 bridgehead atoms. The standard InChI is InChI=1S/C25H30FN7S/c1-5-32-10-8-17(9-11-32)18-6-7-22(27-13-18)30-25-28-14-19(26)23(31-25)21-12-20-24(34-21)33(15(2)3)16(4)29-20/h6-7,12-15,17H,5,8-11H2,1-4H3,(H,27,28,30,31). The van der Waals surface area contributed by atoms with Gasteiger partial charge in [0.15, 0.2) is 5.82 Å². The summed E-state index contributed by atoms with van der Waals surface area (Å²) in [5.74, 6) is 2.02. The third-order valence-electron chi connectivity index (χ3n) is 6.57. The predicted molar refractivity (Wildman–Crippen MR) is 135 cm³/mol. The zero-order valence-corrected chi connectivity index (χ0v) is 20.9. The largest absolute Gasteiger partial charge is 0.317 e. The van der Waals surface area contributed by atoms with E-state index in [0.29, 0.717) is 17.7 Å². The number of thiophene rings is 1. The minimum absolute atomic E-state index is 0.271. The highest BCUT2D eigenvalue weighted by atomic mass is 32.1. The molecule has 0 spiro atoms. The molecule has 5 rings (SSSR count). The molecule has 34 heavy (non-hydrogen) atoms. The molecule has 4 aromatic heterocycles. The van der Waals surface area contributed by atoms with Gasteiger partial charge in [0.05, 0.1) is 11.1 Å². The number of aromatic nitrogens is 5. The van der Waals surface area contributed by atoms with Gasteiger partial charge in [0.25, 0.3) is 0 Å². The number of imidazole rings is 1. The first-order chi connectivity index (χ1) is 16.4. The summed E-state index contributed by atoms with van der Waals surface area (Å²) < 4.78 is 16.9. The predicted octanol–water partition coefficient (Wildman–Crippen LogP) is 5.92. The fourth-order valence-electron chi connectivity index (χ4n) is 4.74. The lowest BCUT2D eigenvalue weighted by molar-refractivity contribution is 0.222. The van der Waals surface area contributed by atoms with Gasteiger partial charge in [0.1, 0.15) is 27.7 Å². The van der Waals surface area contributed by atoms with Crippen molar-refractivity contribution in [2.24, 2.45) is 0 Å². The molecule has 0 radical (unpaired) electrons. The van der Waals surface area contributed by atoms with Crippen LogP contribution in [0.5, 0.6) is 0 Å². The lowest BCUT2D eigenvalue weighted by Gasteiger charge is -2.31. The zero-order chi connectivity index (χ0) is 23.8. The first kappa shape index (κ1) is 22.9. The first-order valence-electron chi connectivity index (χ1n) is 11.9. The molecule has 0 aromatic carbocycles. The van der Waals surface area contributed by atoms with Crippen molar-refractivity contribution in [2.45, 2.75) is 52.5 Å². The van der Waals surface area contributed by atoms with E-state index in [2.05, 4.69) is 61.6 Å². The Morgan fingerprint density at radius 3 is 2.62 bits per heavy atom. The van der Waals surface area contributed by atoms with Crippen LogP contribution in [0, 0.1) is 12.7 Å². The third kappa shape index (κ3) is 4.42. The van der Waals surface area contributed by atoms with Crippen LogP contribution in [0.25, 0.3) is 20.9 Å². The van der Waals surface area contributed by atoms with Crippen LogP contribution in [0.15, 0.2) is 30.6 Å². The number of likely N-dealkylation sites (tertiary alicyclic amines) is 1.